The van der Waals surface area contributed by atoms with Gasteiger partial charge in [-0.1, -0.05) is 29.5 Å². The molecule has 3 aromatic rings. The van der Waals surface area contributed by atoms with Gasteiger partial charge in [-0.15, -0.1) is 0 Å². The minimum atomic E-state index is -0.542. The minimum Gasteiger partial charge on any atom is -0.345 e. The van der Waals surface area contributed by atoms with Gasteiger partial charge in [0, 0.05) is 56.8 Å². The maximum absolute atomic E-state index is 14.2. The number of halogens is 2. The molecule has 2 aliphatic rings. The van der Waals surface area contributed by atoms with E-state index in [2.05, 4.69) is 32.8 Å². The number of benzene rings is 2. The number of anilines is 1. The standard InChI is InChI=1S/C21H23F2N5S/c22-15-5-6-16(17(23)11-15)20-14(12-24-26-20)13-27-7-9-28(10-8-27)21-25-18-3-1-2-4-19(18)29-21/h1-6,11,14,20,24,26H,7-10,12-13H2. The van der Waals surface area contributed by atoms with Gasteiger partial charge in [-0.3, -0.25) is 10.3 Å². The summed E-state index contributed by atoms with van der Waals surface area (Å²) in [7, 11) is 0. The highest BCUT2D eigenvalue weighted by Crippen LogP contribution is 2.31. The first-order valence-electron chi connectivity index (χ1n) is 9.93. The summed E-state index contributed by atoms with van der Waals surface area (Å²) >= 11 is 1.74. The Morgan fingerprint density at radius 2 is 1.90 bits per heavy atom. The van der Waals surface area contributed by atoms with Gasteiger partial charge in [0.15, 0.2) is 5.13 Å². The number of para-hydroxylation sites is 1. The minimum absolute atomic E-state index is 0.155. The zero-order valence-corrected chi connectivity index (χ0v) is 16.8. The number of aromatic nitrogens is 1. The molecule has 2 N–H and O–H groups in total. The zero-order valence-electron chi connectivity index (χ0n) is 15.9. The van der Waals surface area contributed by atoms with Crippen molar-refractivity contribution < 1.29 is 8.78 Å². The van der Waals surface area contributed by atoms with Crippen LogP contribution in [0.15, 0.2) is 42.5 Å². The fraction of sp³-hybridized carbons (Fsp3) is 0.381. The van der Waals surface area contributed by atoms with Crippen LogP contribution < -0.4 is 15.8 Å². The van der Waals surface area contributed by atoms with E-state index in [0.717, 1.165) is 56.0 Å². The van der Waals surface area contributed by atoms with Crippen LogP contribution in [0.4, 0.5) is 13.9 Å². The molecule has 0 amide bonds. The van der Waals surface area contributed by atoms with Gasteiger partial charge in [-0.2, -0.15) is 0 Å². The van der Waals surface area contributed by atoms with E-state index in [1.807, 2.05) is 12.1 Å². The lowest BCUT2D eigenvalue weighted by atomic mass is 9.93. The molecule has 0 bridgehead atoms. The largest absolute Gasteiger partial charge is 0.345 e. The molecule has 29 heavy (non-hydrogen) atoms. The second kappa shape index (κ2) is 7.95. The normalized spacial score (nSPS) is 23.2. The number of thiazole rings is 1. The molecule has 152 valence electrons. The van der Waals surface area contributed by atoms with E-state index >= 15 is 0 Å². The lowest BCUT2D eigenvalue weighted by Gasteiger charge is -2.36. The molecule has 0 aliphatic carbocycles. The van der Waals surface area contributed by atoms with Crippen molar-refractivity contribution in [1.82, 2.24) is 20.7 Å². The van der Waals surface area contributed by atoms with Gasteiger partial charge in [0.1, 0.15) is 11.6 Å². The van der Waals surface area contributed by atoms with E-state index < -0.39 is 11.6 Å². The van der Waals surface area contributed by atoms with Crippen LogP contribution in [0, 0.1) is 17.6 Å². The van der Waals surface area contributed by atoms with Gasteiger partial charge in [0.25, 0.3) is 0 Å². The van der Waals surface area contributed by atoms with Crippen molar-refractivity contribution in [2.24, 2.45) is 5.92 Å². The van der Waals surface area contributed by atoms with Crippen molar-refractivity contribution in [3.05, 3.63) is 59.7 Å². The average Bonchev–Trinajstić information content (AvgIpc) is 3.35. The summed E-state index contributed by atoms with van der Waals surface area (Å²) in [5.41, 5.74) is 7.89. The highest BCUT2D eigenvalue weighted by atomic mass is 32.1. The van der Waals surface area contributed by atoms with E-state index in [9.17, 15) is 8.78 Å². The van der Waals surface area contributed by atoms with Crippen LogP contribution >= 0.6 is 11.3 Å². The smallest absolute Gasteiger partial charge is 0.186 e. The molecule has 2 aromatic carbocycles. The summed E-state index contributed by atoms with van der Waals surface area (Å²) in [4.78, 5) is 9.55. The van der Waals surface area contributed by atoms with Crippen LogP contribution in [-0.2, 0) is 0 Å². The van der Waals surface area contributed by atoms with E-state index in [4.69, 9.17) is 4.98 Å². The number of hydrogen-bond acceptors (Lipinski definition) is 6. The summed E-state index contributed by atoms with van der Waals surface area (Å²) in [6.07, 6.45) is 0. The van der Waals surface area contributed by atoms with Crippen LogP contribution in [0.3, 0.4) is 0 Å². The van der Waals surface area contributed by atoms with Crippen LogP contribution in [0.25, 0.3) is 10.2 Å². The van der Waals surface area contributed by atoms with Crippen molar-refractivity contribution in [3.63, 3.8) is 0 Å². The molecule has 0 saturated carbocycles. The van der Waals surface area contributed by atoms with Crippen molar-refractivity contribution in [2.75, 3.05) is 44.2 Å². The van der Waals surface area contributed by atoms with E-state index in [1.54, 1.807) is 17.4 Å². The van der Waals surface area contributed by atoms with Crippen LogP contribution in [-0.4, -0.2) is 49.2 Å². The Morgan fingerprint density at radius 3 is 2.69 bits per heavy atom. The Labute approximate surface area is 172 Å². The highest BCUT2D eigenvalue weighted by Gasteiger charge is 2.32. The molecule has 2 atom stereocenters. The average molecular weight is 416 g/mol. The first-order valence-corrected chi connectivity index (χ1v) is 10.8. The molecular weight excluding hydrogens is 392 g/mol. The topological polar surface area (TPSA) is 43.4 Å². The van der Waals surface area contributed by atoms with Gasteiger partial charge in [-0.05, 0) is 18.2 Å². The molecule has 8 heteroatoms. The number of nitrogens with one attached hydrogen (secondary N) is 2. The Morgan fingerprint density at radius 1 is 1.07 bits per heavy atom. The van der Waals surface area contributed by atoms with E-state index in [-0.39, 0.29) is 12.0 Å². The third-order valence-corrected chi connectivity index (χ3v) is 6.91. The quantitative estimate of drug-likeness (QED) is 0.685. The SMILES string of the molecule is Fc1ccc(C2NNCC2CN2CCN(c3nc4ccccc4s3)CC2)c(F)c1. The molecule has 2 saturated heterocycles. The van der Waals surface area contributed by atoms with Gasteiger partial charge in [0.05, 0.1) is 16.3 Å². The first kappa shape index (κ1) is 18.9. The summed E-state index contributed by atoms with van der Waals surface area (Å²) in [6.45, 7) is 5.40. The monoisotopic (exact) mass is 415 g/mol. The Kier molecular flexibility index (Phi) is 5.17. The highest BCUT2D eigenvalue weighted by molar-refractivity contribution is 7.22. The number of hydrogen-bond donors (Lipinski definition) is 2. The summed E-state index contributed by atoms with van der Waals surface area (Å²) in [5, 5.41) is 1.08. The summed E-state index contributed by atoms with van der Waals surface area (Å²) in [6, 6.07) is 11.9. The second-order valence-electron chi connectivity index (χ2n) is 7.68. The van der Waals surface area contributed by atoms with Crippen LogP contribution in [0.2, 0.25) is 0 Å². The van der Waals surface area contributed by atoms with Crippen molar-refractivity contribution in [3.8, 4) is 0 Å². The molecule has 0 spiro atoms. The fourth-order valence-corrected chi connectivity index (χ4v) is 5.26. The van der Waals surface area contributed by atoms with Crippen LogP contribution in [0.5, 0.6) is 0 Å². The van der Waals surface area contributed by atoms with Crippen LogP contribution in [0.1, 0.15) is 11.6 Å². The number of piperazine rings is 1. The second-order valence-corrected chi connectivity index (χ2v) is 8.69. The van der Waals surface area contributed by atoms with Gasteiger partial charge >= 0.3 is 0 Å². The lowest BCUT2D eigenvalue weighted by Crippen LogP contribution is -2.48. The van der Waals surface area contributed by atoms with Gasteiger partial charge in [0.2, 0.25) is 0 Å². The predicted molar refractivity (Wildman–Crippen MR) is 112 cm³/mol. The third kappa shape index (κ3) is 3.85. The summed E-state index contributed by atoms with van der Waals surface area (Å²) < 4.78 is 28.7. The zero-order chi connectivity index (χ0) is 19.8. The number of rotatable bonds is 4. The molecule has 3 heterocycles. The van der Waals surface area contributed by atoms with Gasteiger partial charge in [-0.25, -0.2) is 19.2 Å². The molecule has 0 radical (unpaired) electrons. The Balaban J connectivity index is 1.22. The molecule has 2 fully saturated rings. The molecule has 5 rings (SSSR count). The lowest BCUT2D eigenvalue weighted by molar-refractivity contribution is 0.213. The Hall–Kier alpha value is -2.13. The summed E-state index contributed by atoms with van der Waals surface area (Å²) in [5.74, 6) is -0.805. The molecule has 1 aromatic heterocycles. The van der Waals surface area contributed by atoms with E-state index in [1.165, 1.54) is 10.8 Å². The molecule has 5 nitrogen and oxygen atoms in total. The molecule has 2 unspecified atom stereocenters. The third-order valence-electron chi connectivity index (χ3n) is 5.81. The number of fused-ring (bicyclic) bond motifs is 1. The maximum atomic E-state index is 14.2. The first-order chi connectivity index (χ1) is 14.2. The molecule has 2 aliphatic heterocycles. The van der Waals surface area contributed by atoms with Gasteiger partial charge < -0.3 is 4.90 Å². The molecular formula is C21H23F2N5S. The maximum Gasteiger partial charge on any atom is 0.186 e. The Bertz CT molecular complexity index is 969. The number of nitrogens with zero attached hydrogens (tertiary/aromatic N) is 3. The van der Waals surface area contributed by atoms with Crippen molar-refractivity contribution in [2.45, 2.75) is 6.04 Å². The van der Waals surface area contributed by atoms with E-state index in [0.29, 0.717) is 5.56 Å². The fourth-order valence-electron chi connectivity index (χ4n) is 4.24. The number of hydrazine groups is 1. The van der Waals surface area contributed by atoms with Crippen molar-refractivity contribution in [1.29, 1.82) is 0 Å². The van der Waals surface area contributed by atoms with Crippen molar-refractivity contribution >= 4 is 26.7 Å². The predicted octanol–water partition coefficient (Wildman–Crippen LogP) is 3.16.